The van der Waals surface area contributed by atoms with Crippen LogP contribution in [-0.2, 0) is 0 Å². The number of aromatic amines is 2. The van der Waals surface area contributed by atoms with Crippen LogP contribution in [-0.4, -0.2) is 37.1 Å². The molecule has 57 heavy (non-hydrogen) atoms. The number of hydrogen-bond donors (Lipinski definition) is 3. The van der Waals surface area contributed by atoms with E-state index in [4.69, 9.17) is 14.7 Å². The Morgan fingerprint density at radius 1 is 0.526 bits per heavy atom. The molecule has 0 fully saturated rings. The fraction of sp³-hybridized carbons (Fsp3) is 0.0833. The van der Waals surface area contributed by atoms with Crippen LogP contribution in [0.3, 0.4) is 0 Å². The predicted octanol–water partition coefficient (Wildman–Crippen LogP) is 11.9. The van der Waals surface area contributed by atoms with Gasteiger partial charge in [-0.2, -0.15) is 0 Å². The van der Waals surface area contributed by atoms with Gasteiger partial charge in [0.05, 0.1) is 34.8 Å². The van der Waals surface area contributed by atoms with Crippen LogP contribution in [0.2, 0.25) is 0 Å². The van der Waals surface area contributed by atoms with E-state index in [1.54, 1.807) is 6.07 Å². The smallest absolute Gasteiger partial charge is 0.315 e. The minimum Gasteiger partial charge on any atom is -0.500 e. The van der Waals surface area contributed by atoms with Gasteiger partial charge in [0.2, 0.25) is 5.75 Å². The van der Waals surface area contributed by atoms with Gasteiger partial charge in [0.1, 0.15) is 0 Å². The molecule has 5 heterocycles. The lowest BCUT2D eigenvalue weighted by atomic mass is 10.0. The van der Waals surface area contributed by atoms with Gasteiger partial charge in [-0.15, -0.1) is 0 Å². The van der Waals surface area contributed by atoms with Gasteiger partial charge in [-0.3, -0.25) is 10.1 Å². The molecule has 0 unspecified atom stereocenters. The third-order valence-electron chi connectivity index (χ3n) is 10.5. The number of nitro benzene ring substituents is 1. The molecule has 0 radical (unpaired) electrons. The topological polar surface area (TPSA) is 130 Å². The van der Waals surface area contributed by atoms with Crippen molar-refractivity contribution in [3.63, 3.8) is 0 Å². The zero-order chi connectivity index (χ0) is 39.4. The molecular weight excluding hydrogens is 711 g/mol. The number of benzene rings is 4. The first kappa shape index (κ1) is 35.2. The van der Waals surface area contributed by atoms with Crippen molar-refractivity contribution in [2.24, 2.45) is 0 Å². The number of phenolic OH excluding ortho intramolecular Hbond substituents is 1. The van der Waals surface area contributed by atoms with E-state index in [0.717, 1.165) is 78.0 Å². The van der Waals surface area contributed by atoms with Crippen molar-refractivity contribution in [3.05, 3.63) is 159 Å². The van der Waals surface area contributed by atoms with E-state index in [9.17, 15) is 15.2 Å². The molecule has 3 N–H and O–H groups in total. The van der Waals surface area contributed by atoms with Crippen molar-refractivity contribution in [3.8, 4) is 56.0 Å². The fourth-order valence-electron chi connectivity index (χ4n) is 7.61. The normalized spacial score (nSPS) is 11.9. The van der Waals surface area contributed by atoms with E-state index in [1.807, 2.05) is 24.3 Å². The maximum atomic E-state index is 12.2. The van der Waals surface area contributed by atoms with Crippen LogP contribution in [0.1, 0.15) is 39.5 Å². The van der Waals surface area contributed by atoms with Crippen molar-refractivity contribution in [1.29, 1.82) is 0 Å². The van der Waals surface area contributed by atoms with E-state index < -0.39 is 16.4 Å². The van der Waals surface area contributed by atoms with Gasteiger partial charge in [-0.25, -0.2) is 9.97 Å². The Hall–Kier alpha value is -7.52. The second-order valence-corrected chi connectivity index (χ2v) is 14.4. The number of methoxy groups -OCH3 is 1. The zero-order valence-corrected chi connectivity index (χ0v) is 31.7. The molecule has 0 spiro atoms. The van der Waals surface area contributed by atoms with Crippen LogP contribution in [0.15, 0.2) is 109 Å². The second-order valence-electron chi connectivity index (χ2n) is 14.4. The molecule has 2 aliphatic rings. The van der Waals surface area contributed by atoms with E-state index in [0.29, 0.717) is 28.0 Å². The SMILES string of the molecule is COc1cc(-c2c3nc(c(-c4ccc(C)cc4)c4ccc([nH]4)c(-c4ccc(C)cc4)c4nc(c(-c5ccc(C)cc5)c5ccc2[nH]5)C=C4)C=C3)cc([N+](=O)[O-])c1O. The fourth-order valence-corrected chi connectivity index (χ4v) is 7.61. The van der Waals surface area contributed by atoms with Gasteiger partial charge >= 0.3 is 5.69 Å². The molecule has 9 rings (SSSR count). The maximum Gasteiger partial charge on any atom is 0.315 e. The lowest BCUT2D eigenvalue weighted by Gasteiger charge is -2.09. The molecule has 3 aromatic heterocycles. The summed E-state index contributed by atoms with van der Waals surface area (Å²) in [7, 11) is 1.37. The Balaban J connectivity index is 1.48. The summed E-state index contributed by atoms with van der Waals surface area (Å²) in [5.74, 6) is -0.569. The molecule has 9 heteroatoms. The van der Waals surface area contributed by atoms with Crippen molar-refractivity contribution in [1.82, 2.24) is 19.9 Å². The summed E-state index contributed by atoms with van der Waals surface area (Å²) in [5, 5.41) is 23.0. The molecule has 0 atom stereocenters. The van der Waals surface area contributed by atoms with Gasteiger partial charge in [0.25, 0.3) is 0 Å². The van der Waals surface area contributed by atoms with Crippen LogP contribution < -0.4 is 4.74 Å². The average Bonchev–Trinajstić information content (AvgIpc) is 4.05. The highest BCUT2D eigenvalue weighted by Crippen LogP contribution is 2.43. The highest BCUT2D eigenvalue weighted by Gasteiger charge is 2.24. The zero-order valence-electron chi connectivity index (χ0n) is 31.7. The largest absolute Gasteiger partial charge is 0.500 e. The number of H-pyrrole nitrogens is 2. The van der Waals surface area contributed by atoms with Crippen molar-refractivity contribution < 1.29 is 14.8 Å². The lowest BCUT2D eigenvalue weighted by Crippen LogP contribution is -1.95. The number of aryl methyl sites for hydroxylation is 3. The molecule has 7 aromatic rings. The van der Waals surface area contributed by atoms with Crippen molar-refractivity contribution in [2.75, 3.05) is 7.11 Å². The maximum absolute atomic E-state index is 12.2. The molecule has 4 aromatic carbocycles. The molecule has 2 aliphatic heterocycles. The number of hydrogen-bond acceptors (Lipinski definition) is 6. The second kappa shape index (κ2) is 14.0. The van der Waals surface area contributed by atoms with Gasteiger partial charge < -0.3 is 19.8 Å². The Labute approximate surface area is 328 Å². The average molecular weight is 748 g/mol. The highest BCUT2D eigenvalue weighted by atomic mass is 16.6. The molecule has 0 aliphatic carbocycles. The predicted molar refractivity (Wildman–Crippen MR) is 230 cm³/mol. The first-order chi connectivity index (χ1) is 27.6. The summed E-state index contributed by atoms with van der Waals surface area (Å²) in [6.07, 6.45) is 8.01. The van der Waals surface area contributed by atoms with Crippen LogP contribution in [0.5, 0.6) is 11.5 Å². The monoisotopic (exact) mass is 747 g/mol. The Kier molecular flexibility index (Phi) is 8.62. The van der Waals surface area contributed by atoms with Gasteiger partial charge in [0.15, 0.2) is 5.75 Å². The standard InChI is InChI=1S/C48H37N5O4/c1-27-5-11-30(12-6-27)44-34-17-19-36(49-34)45(31-13-7-28(2)8-14-31)38-21-23-40(51-38)47(33-25-42(53(55)56)48(54)43(26-33)57-4)41-24-22-39(52-41)46(37-20-18-35(44)50-37)32-15-9-29(3)10-16-32/h5-26,49,52,54H,1-4H3. The molecular formula is C48H37N5O4. The van der Waals surface area contributed by atoms with Gasteiger partial charge in [0, 0.05) is 50.4 Å². The quantitative estimate of drug-likeness (QED) is 0.115. The summed E-state index contributed by atoms with van der Waals surface area (Å²) in [6.45, 7) is 6.20. The number of nitro groups is 1. The first-order valence-corrected chi connectivity index (χ1v) is 18.6. The number of aromatic nitrogens is 4. The Morgan fingerprint density at radius 3 is 1.18 bits per heavy atom. The summed E-state index contributed by atoms with van der Waals surface area (Å²) >= 11 is 0. The van der Waals surface area contributed by atoms with Crippen LogP contribution in [0.25, 0.3) is 90.9 Å². The number of rotatable bonds is 6. The summed E-state index contributed by atoms with van der Waals surface area (Å²) in [5.41, 5.74) is 15.7. The minimum atomic E-state index is -0.614. The Morgan fingerprint density at radius 2 is 0.860 bits per heavy atom. The number of ether oxygens (including phenoxy) is 1. The number of phenols is 1. The van der Waals surface area contributed by atoms with E-state index in [-0.39, 0.29) is 5.75 Å². The minimum absolute atomic E-state index is 0.0238. The lowest BCUT2D eigenvalue weighted by molar-refractivity contribution is -0.385. The Bertz CT molecular complexity index is 2950. The van der Waals surface area contributed by atoms with E-state index in [2.05, 4.69) is 128 Å². The number of nitrogens with one attached hydrogen (secondary N) is 2. The molecule has 278 valence electrons. The van der Waals surface area contributed by atoms with Crippen molar-refractivity contribution in [2.45, 2.75) is 20.8 Å². The third-order valence-corrected chi connectivity index (χ3v) is 10.5. The first-order valence-electron chi connectivity index (χ1n) is 18.6. The summed E-state index contributed by atoms with van der Waals surface area (Å²) in [4.78, 5) is 29.7. The van der Waals surface area contributed by atoms with Gasteiger partial charge in [-0.05, 0) is 97.7 Å². The van der Waals surface area contributed by atoms with Gasteiger partial charge in [-0.1, -0.05) is 89.5 Å². The highest BCUT2D eigenvalue weighted by molar-refractivity contribution is 6.00. The van der Waals surface area contributed by atoms with Crippen LogP contribution >= 0.6 is 0 Å². The number of aromatic hydroxyl groups is 1. The summed E-state index contributed by atoms with van der Waals surface area (Å²) in [6, 6.07) is 36.3. The number of fused-ring (bicyclic) bond motifs is 8. The molecule has 8 bridgehead atoms. The molecule has 0 saturated heterocycles. The molecule has 0 saturated carbocycles. The summed E-state index contributed by atoms with van der Waals surface area (Å²) < 4.78 is 5.46. The van der Waals surface area contributed by atoms with Crippen LogP contribution in [0.4, 0.5) is 5.69 Å². The molecule has 9 nitrogen and oxygen atoms in total. The van der Waals surface area contributed by atoms with Crippen molar-refractivity contribution >= 4 is 52.1 Å². The molecule has 0 amide bonds. The third kappa shape index (κ3) is 6.34. The van der Waals surface area contributed by atoms with E-state index >= 15 is 0 Å². The number of nitrogens with zero attached hydrogens (tertiary/aromatic N) is 3. The van der Waals surface area contributed by atoms with Crippen LogP contribution in [0, 0.1) is 30.9 Å². The van der Waals surface area contributed by atoms with E-state index in [1.165, 1.54) is 13.2 Å².